The summed E-state index contributed by atoms with van der Waals surface area (Å²) in [7, 11) is 0. The Bertz CT molecular complexity index is 1950. The molecule has 5 aromatic carbocycles. The number of benzene rings is 5. The van der Waals surface area contributed by atoms with Crippen LogP contribution >= 0.6 is 11.8 Å². The molecule has 0 aliphatic rings. The molecule has 4 N–H and O–H groups in total. The molecule has 5 aromatic rings. The fourth-order valence-electron chi connectivity index (χ4n) is 4.62. The van der Waals surface area contributed by atoms with Crippen molar-refractivity contribution in [3.8, 4) is 0 Å². The maximum absolute atomic E-state index is 14.5. The van der Waals surface area contributed by atoms with Crippen molar-refractivity contribution in [2.75, 3.05) is 16.0 Å². The van der Waals surface area contributed by atoms with Gasteiger partial charge in [0, 0.05) is 40.0 Å². The molecule has 0 fully saturated rings. The van der Waals surface area contributed by atoms with Crippen LogP contribution in [0.4, 0.5) is 21.5 Å². The number of halogens is 1. The number of carbonyl (C=O) groups is 4. The van der Waals surface area contributed by atoms with Crippen molar-refractivity contribution in [2.24, 2.45) is 0 Å². The van der Waals surface area contributed by atoms with Crippen LogP contribution in [0.2, 0.25) is 0 Å². The number of anilines is 3. The molecule has 240 valence electrons. The maximum Gasteiger partial charge on any atom is 0.272 e. The first-order chi connectivity index (χ1) is 23.2. The van der Waals surface area contributed by atoms with Gasteiger partial charge in [-0.15, -0.1) is 11.8 Å². The van der Waals surface area contributed by atoms with Crippen LogP contribution < -0.4 is 21.3 Å². The van der Waals surface area contributed by atoms with Gasteiger partial charge in [0.2, 0.25) is 11.8 Å². The third-order valence-corrected chi connectivity index (χ3v) is 8.14. The van der Waals surface area contributed by atoms with Crippen molar-refractivity contribution in [2.45, 2.75) is 17.1 Å². The average molecular weight is 659 g/mol. The minimum Gasteiger partial charge on any atom is -0.326 e. The summed E-state index contributed by atoms with van der Waals surface area (Å²) in [6, 6.07) is 37.3. The van der Waals surface area contributed by atoms with Crippen LogP contribution in [0.15, 0.2) is 144 Å². The van der Waals surface area contributed by atoms with Gasteiger partial charge in [-0.3, -0.25) is 19.2 Å². The molecule has 1 atom stereocenters. The first-order valence-electron chi connectivity index (χ1n) is 14.9. The molecule has 0 saturated carbocycles. The third-order valence-electron chi connectivity index (χ3n) is 6.89. The molecule has 5 rings (SSSR count). The Hall–Kier alpha value is -6.00. The monoisotopic (exact) mass is 658 g/mol. The first kappa shape index (κ1) is 33.4. The fourth-order valence-corrected chi connectivity index (χ4v) is 5.70. The molecule has 0 aliphatic carbocycles. The van der Waals surface area contributed by atoms with E-state index in [0.717, 1.165) is 5.56 Å². The van der Waals surface area contributed by atoms with E-state index in [1.807, 2.05) is 36.4 Å². The van der Waals surface area contributed by atoms with Crippen LogP contribution in [0.1, 0.15) is 33.7 Å². The van der Waals surface area contributed by atoms with Gasteiger partial charge in [0.05, 0.1) is 0 Å². The predicted molar refractivity (Wildman–Crippen MR) is 188 cm³/mol. The van der Waals surface area contributed by atoms with Gasteiger partial charge in [-0.05, 0) is 72.3 Å². The highest BCUT2D eigenvalue weighted by Gasteiger charge is 2.23. The van der Waals surface area contributed by atoms with Gasteiger partial charge >= 0.3 is 0 Å². The second-order valence-corrected chi connectivity index (χ2v) is 11.7. The summed E-state index contributed by atoms with van der Waals surface area (Å²) in [5.74, 6) is -2.21. The Morgan fingerprint density at radius 2 is 1.29 bits per heavy atom. The summed E-state index contributed by atoms with van der Waals surface area (Å²) < 4.78 is 14.5. The summed E-state index contributed by atoms with van der Waals surface area (Å²) in [4.78, 5) is 52.1. The van der Waals surface area contributed by atoms with Crippen molar-refractivity contribution >= 4 is 58.5 Å². The number of amides is 4. The summed E-state index contributed by atoms with van der Waals surface area (Å²) in [5.41, 5.74) is 2.64. The molecule has 0 bridgehead atoms. The Morgan fingerprint density at radius 1 is 0.667 bits per heavy atom. The largest absolute Gasteiger partial charge is 0.326 e. The van der Waals surface area contributed by atoms with E-state index in [1.165, 1.54) is 43.0 Å². The van der Waals surface area contributed by atoms with Gasteiger partial charge in [-0.25, -0.2) is 4.39 Å². The fraction of sp³-hybridized carbons (Fsp3) is 0.0526. The van der Waals surface area contributed by atoms with E-state index < -0.39 is 22.9 Å². The van der Waals surface area contributed by atoms with E-state index in [1.54, 1.807) is 78.9 Å². The molecule has 1 unspecified atom stereocenters. The van der Waals surface area contributed by atoms with Crippen LogP contribution in [0, 0.1) is 5.82 Å². The minimum atomic E-state index is -0.662. The molecule has 0 aromatic heterocycles. The van der Waals surface area contributed by atoms with Gasteiger partial charge in [0.15, 0.2) is 0 Å². The Morgan fingerprint density at radius 3 is 1.96 bits per heavy atom. The lowest BCUT2D eigenvalue weighted by Gasteiger charge is -2.18. The summed E-state index contributed by atoms with van der Waals surface area (Å²) >= 11 is 1.29. The molecule has 10 heteroatoms. The van der Waals surface area contributed by atoms with E-state index in [2.05, 4.69) is 21.3 Å². The van der Waals surface area contributed by atoms with E-state index in [9.17, 15) is 23.6 Å². The van der Waals surface area contributed by atoms with Gasteiger partial charge in [0.1, 0.15) is 16.8 Å². The summed E-state index contributed by atoms with van der Waals surface area (Å²) in [6.45, 7) is 1.42. The minimum absolute atomic E-state index is 0.127. The highest BCUT2D eigenvalue weighted by molar-refractivity contribution is 8.00. The molecule has 8 nitrogen and oxygen atoms in total. The van der Waals surface area contributed by atoms with Gasteiger partial charge in [-0.1, -0.05) is 72.8 Å². The molecule has 0 aliphatic heterocycles. The second kappa shape index (κ2) is 16.0. The van der Waals surface area contributed by atoms with Crippen molar-refractivity contribution in [3.63, 3.8) is 0 Å². The lowest BCUT2D eigenvalue weighted by molar-refractivity contribution is -0.116. The van der Waals surface area contributed by atoms with Crippen molar-refractivity contribution in [1.82, 2.24) is 5.32 Å². The molecule has 0 radical (unpaired) electrons. The number of carbonyl (C=O) groups excluding carboxylic acids is 4. The van der Waals surface area contributed by atoms with Crippen molar-refractivity contribution in [3.05, 3.63) is 162 Å². The van der Waals surface area contributed by atoms with E-state index >= 15 is 0 Å². The molecular weight excluding hydrogens is 628 g/mol. The Kier molecular flexibility index (Phi) is 11.1. The average Bonchev–Trinajstić information content (AvgIpc) is 3.09. The van der Waals surface area contributed by atoms with Crippen LogP contribution in [-0.2, 0) is 14.4 Å². The molecule has 0 heterocycles. The number of hydrogen-bond donors (Lipinski definition) is 4. The first-order valence-corrected chi connectivity index (χ1v) is 15.8. The molecule has 48 heavy (non-hydrogen) atoms. The Labute approximate surface area is 281 Å². The van der Waals surface area contributed by atoms with Gasteiger partial charge in [-0.2, -0.15) is 0 Å². The lowest BCUT2D eigenvalue weighted by Crippen LogP contribution is -2.30. The summed E-state index contributed by atoms with van der Waals surface area (Å²) in [5, 5.41) is 10.4. The van der Waals surface area contributed by atoms with Crippen LogP contribution in [0.25, 0.3) is 6.08 Å². The van der Waals surface area contributed by atoms with Gasteiger partial charge in [0.25, 0.3) is 11.8 Å². The van der Waals surface area contributed by atoms with Crippen LogP contribution in [-0.4, -0.2) is 23.6 Å². The summed E-state index contributed by atoms with van der Waals surface area (Å²) in [6.07, 6.45) is 1.28. The molecular formula is C38H31FN4O4S. The van der Waals surface area contributed by atoms with Crippen LogP contribution in [0.5, 0.6) is 0 Å². The normalized spacial score (nSPS) is 11.6. The second-order valence-electron chi connectivity index (χ2n) is 10.5. The molecule has 0 saturated heterocycles. The van der Waals surface area contributed by atoms with E-state index in [0.29, 0.717) is 27.5 Å². The van der Waals surface area contributed by atoms with Gasteiger partial charge < -0.3 is 21.3 Å². The maximum atomic E-state index is 14.5. The number of hydrogen-bond acceptors (Lipinski definition) is 5. The predicted octanol–water partition coefficient (Wildman–Crippen LogP) is 7.67. The number of thioether (sulfide) groups is 1. The van der Waals surface area contributed by atoms with Crippen LogP contribution in [0.3, 0.4) is 0 Å². The third kappa shape index (κ3) is 9.27. The van der Waals surface area contributed by atoms with Crippen molar-refractivity contribution in [1.29, 1.82) is 0 Å². The highest BCUT2D eigenvalue weighted by atomic mass is 32.2. The number of rotatable bonds is 11. The zero-order chi connectivity index (χ0) is 33.9. The SMILES string of the molecule is CC(=O)Nc1ccc(NC(=O)C(Sc2cccc(NC(=O)/C(=C/c3ccccc3F)NC(=O)c3ccccc3)c2)c2ccccc2)cc1. The highest BCUT2D eigenvalue weighted by Crippen LogP contribution is 2.37. The smallest absolute Gasteiger partial charge is 0.272 e. The topological polar surface area (TPSA) is 116 Å². The number of nitrogens with one attached hydrogen (secondary N) is 4. The quantitative estimate of drug-likeness (QED) is 0.0859. The molecule has 4 amide bonds. The standard InChI is InChI=1S/C38H31FN4O4S/c1-25(44)40-29-19-21-30(22-20-29)41-38(47)35(26-11-4-2-5-12-26)48-32-17-10-16-31(24-32)42-37(46)34(23-28-15-8-9-18-33(28)39)43-36(45)27-13-6-3-7-14-27/h2-24,35H,1H3,(H,40,44)(H,41,47)(H,42,46)(H,43,45)/b34-23-. The molecule has 0 spiro atoms. The van der Waals surface area contributed by atoms with E-state index in [-0.39, 0.29) is 23.1 Å². The lowest BCUT2D eigenvalue weighted by atomic mass is 10.1. The van der Waals surface area contributed by atoms with E-state index in [4.69, 9.17) is 0 Å². The zero-order valence-electron chi connectivity index (χ0n) is 25.8. The van der Waals surface area contributed by atoms with Crippen molar-refractivity contribution < 1.29 is 23.6 Å². The Balaban J connectivity index is 1.36. The zero-order valence-corrected chi connectivity index (χ0v) is 26.6.